The van der Waals surface area contributed by atoms with Gasteiger partial charge in [0.2, 0.25) is 0 Å². The number of nitrogens with zero attached hydrogens (tertiary/aromatic N) is 1. The van der Waals surface area contributed by atoms with E-state index in [2.05, 4.69) is 9.97 Å². The molecule has 0 amide bonds. The standard InChI is InChI=1S/C13H18N2OS/c1-16-11(8-6-7-8)12-14-10-5-3-2-4-9(10)13(17)15-12/h8,11H,2-7H2,1H3,(H,14,15,17). The lowest BCUT2D eigenvalue weighted by atomic mass is 9.97. The molecule has 1 heterocycles. The van der Waals surface area contributed by atoms with Gasteiger partial charge in [-0.05, 0) is 44.4 Å². The molecule has 0 saturated heterocycles. The molecule has 92 valence electrons. The highest BCUT2D eigenvalue weighted by Crippen LogP contribution is 2.42. The minimum absolute atomic E-state index is 0.115. The van der Waals surface area contributed by atoms with Gasteiger partial charge in [-0.25, -0.2) is 4.98 Å². The number of methoxy groups -OCH3 is 1. The van der Waals surface area contributed by atoms with Crippen molar-refractivity contribution >= 4 is 12.2 Å². The van der Waals surface area contributed by atoms with E-state index in [0.717, 1.165) is 23.3 Å². The van der Waals surface area contributed by atoms with Crippen LogP contribution in [-0.2, 0) is 17.6 Å². The highest BCUT2D eigenvalue weighted by atomic mass is 32.1. The number of H-pyrrole nitrogens is 1. The first-order valence-corrected chi connectivity index (χ1v) is 6.85. The number of hydrogen-bond acceptors (Lipinski definition) is 3. The molecular weight excluding hydrogens is 232 g/mol. The van der Waals surface area contributed by atoms with Crippen molar-refractivity contribution in [1.29, 1.82) is 0 Å². The third kappa shape index (κ3) is 2.16. The SMILES string of the molecule is COC(c1nc(=S)c2c([nH]1)CCCC2)C1CC1. The summed E-state index contributed by atoms with van der Waals surface area (Å²) in [5.41, 5.74) is 2.56. The number of aromatic amines is 1. The lowest BCUT2D eigenvalue weighted by Gasteiger charge is -2.20. The number of hydrogen-bond donors (Lipinski definition) is 1. The monoisotopic (exact) mass is 250 g/mol. The van der Waals surface area contributed by atoms with Crippen molar-refractivity contribution in [3.05, 3.63) is 21.7 Å². The maximum atomic E-state index is 5.57. The van der Waals surface area contributed by atoms with E-state index in [1.165, 1.54) is 36.9 Å². The molecule has 2 aliphatic carbocycles. The van der Waals surface area contributed by atoms with E-state index in [9.17, 15) is 0 Å². The van der Waals surface area contributed by atoms with Gasteiger partial charge in [-0.2, -0.15) is 0 Å². The van der Waals surface area contributed by atoms with Gasteiger partial charge in [0.15, 0.2) is 0 Å². The fourth-order valence-corrected chi connectivity index (χ4v) is 3.02. The van der Waals surface area contributed by atoms with Crippen LogP contribution >= 0.6 is 12.2 Å². The van der Waals surface area contributed by atoms with Crippen molar-refractivity contribution in [2.45, 2.75) is 44.6 Å². The number of rotatable bonds is 3. The van der Waals surface area contributed by atoms with Gasteiger partial charge < -0.3 is 9.72 Å². The van der Waals surface area contributed by atoms with Crippen LogP contribution in [0.4, 0.5) is 0 Å². The molecule has 0 radical (unpaired) electrons. The Morgan fingerprint density at radius 1 is 1.35 bits per heavy atom. The molecule has 3 nitrogen and oxygen atoms in total. The predicted octanol–water partition coefficient (Wildman–Crippen LogP) is 3.12. The second-order valence-corrected chi connectivity index (χ2v) is 5.47. The Morgan fingerprint density at radius 3 is 2.82 bits per heavy atom. The molecule has 0 aliphatic heterocycles. The van der Waals surface area contributed by atoms with Crippen LogP contribution in [0.1, 0.15) is 48.9 Å². The minimum atomic E-state index is 0.115. The number of aryl methyl sites for hydroxylation is 1. The fourth-order valence-electron chi connectivity index (χ4n) is 2.70. The zero-order valence-corrected chi connectivity index (χ0v) is 11.0. The van der Waals surface area contributed by atoms with Crippen LogP contribution in [0, 0.1) is 10.6 Å². The van der Waals surface area contributed by atoms with Crippen LogP contribution in [0.3, 0.4) is 0 Å². The van der Waals surface area contributed by atoms with Gasteiger partial charge in [0, 0.05) is 18.4 Å². The Morgan fingerprint density at radius 2 is 2.12 bits per heavy atom. The zero-order valence-electron chi connectivity index (χ0n) is 10.2. The molecule has 3 rings (SSSR count). The summed E-state index contributed by atoms with van der Waals surface area (Å²) in [5, 5.41) is 0. The van der Waals surface area contributed by atoms with Crippen LogP contribution in [0.5, 0.6) is 0 Å². The smallest absolute Gasteiger partial charge is 0.137 e. The molecule has 1 aromatic rings. The Balaban J connectivity index is 2.00. The second-order valence-electron chi connectivity index (χ2n) is 5.09. The number of fused-ring (bicyclic) bond motifs is 1. The van der Waals surface area contributed by atoms with Gasteiger partial charge in [-0.15, -0.1) is 0 Å². The number of ether oxygens (including phenoxy) is 1. The van der Waals surface area contributed by atoms with Crippen LogP contribution in [0.15, 0.2) is 0 Å². The van der Waals surface area contributed by atoms with Gasteiger partial charge in [0.1, 0.15) is 16.6 Å². The van der Waals surface area contributed by atoms with E-state index in [0.29, 0.717) is 5.92 Å². The lowest BCUT2D eigenvalue weighted by molar-refractivity contribution is 0.0768. The van der Waals surface area contributed by atoms with Crippen molar-refractivity contribution in [3.8, 4) is 0 Å². The molecule has 1 saturated carbocycles. The zero-order chi connectivity index (χ0) is 11.8. The van der Waals surface area contributed by atoms with Crippen LogP contribution in [-0.4, -0.2) is 17.1 Å². The molecule has 1 aromatic heterocycles. The predicted molar refractivity (Wildman–Crippen MR) is 68.5 cm³/mol. The normalized spacial score (nSPS) is 21.0. The number of aromatic nitrogens is 2. The Labute approximate surface area is 107 Å². The van der Waals surface area contributed by atoms with E-state index in [1.54, 1.807) is 7.11 Å². The summed E-state index contributed by atoms with van der Waals surface area (Å²) >= 11 is 5.41. The molecule has 0 bridgehead atoms. The van der Waals surface area contributed by atoms with Gasteiger partial charge in [-0.3, -0.25) is 0 Å². The van der Waals surface area contributed by atoms with Gasteiger partial charge in [0.25, 0.3) is 0 Å². The molecule has 1 unspecified atom stereocenters. The molecule has 1 fully saturated rings. The largest absolute Gasteiger partial charge is 0.373 e. The summed E-state index contributed by atoms with van der Waals surface area (Å²) in [6.07, 6.45) is 7.29. The summed E-state index contributed by atoms with van der Waals surface area (Å²) < 4.78 is 6.35. The van der Waals surface area contributed by atoms with Gasteiger partial charge >= 0.3 is 0 Å². The first-order valence-electron chi connectivity index (χ1n) is 6.44. The van der Waals surface area contributed by atoms with Gasteiger partial charge in [0.05, 0.1) is 0 Å². The Hall–Kier alpha value is -0.740. The first kappa shape index (κ1) is 11.4. The highest BCUT2D eigenvalue weighted by Gasteiger charge is 2.34. The molecule has 4 heteroatoms. The topological polar surface area (TPSA) is 37.9 Å². The summed E-state index contributed by atoms with van der Waals surface area (Å²) in [6.45, 7) is 0. The van der Waals surface area contributed by atoms with Crippen molar-refractivity contribution in [3.63, 3.8) is 0 Å². The van der Waals surface area contributed by atoms with E-state index >= 15 is 0 Å². The molecular formula is C13H18N2OS. The molecule has 0 spiro atoms. The van der Waals surface area contributed by atoms with Crippen molar-refractivity contribution < 1.29 is 4.74 Å². The fraction of sp³-hybridized carbons (Fsp3) is 0.692. The molecule has 1 N–H and O–H groups in total. The molecule has 17 heavy (non-hydrogen) atoms. The van der Waals surface area contributed by atoms with Crippen LogP contribution in [0.25, 0.3) is 0 Å². The van der Waals surface area contributed by atoms with Gasteiger partial charge in [-0.1, -0.05) is 12.2 Å². The molecule has 0 aromatic carbocycles. The van der Waals surface area contributed by atoms with Crippen molar-refractivity contribution in [1.82, 2.24) is 9.97 Å². The maximum Gasteiger partial charge on any atom is 0.137 e. The van der Waals surface area contributed by atoms with E-state index in [4.69, 9.17) is 17.0 Å². The Bertz CT molecular complexity index is 479. The summed E-state index contributed by atoms with van der Waals surface area (Å²) in [6, 6.07) is 0. The number of nitrogens with one attached hydrogen (secondary N) is 1. The van der Waals surface area contributed by atoms with E-state index in [1.807, 2.05) is 0 Å². The van der Waals surface area contributed by atoms with Crippen molar-refractivity contribution in [2.24, 2.45) is 5.92 Å². The third-order valence-electron chi connectivity index (χ3n) is 3.80. The average molecular weight is 250 g/mol. The molecule has 2 aliphatic rings. The lowest BCUT2D eigenvalue weighted by Crippen LogP contribution is -2.15. The minimum Gasteiger partial charge on any atom is -0.373 e. The van der Waals surface area contributed by atoms with Crippen LogP contribution < -0.4 is 0 Å². The second kappa shape index (κ2) is 4.50. The van der Waals surface area contributed by atoms with Crippen molar-refractivity contribution in [2.75, 3.05) is 7.11 Å². The molecule has 1 atom stereocenters. The van der Waals surface area contributed by atoms with E-state index in [-0.39, 0.29) is 6.10 Å². The summed E-state index contributed by atoms with van der Waals surface area (Å²) in [7, 11) is 1.76. The van der Waals surface area contributed by atoms with E-state index < -0.39 is 0 Å². The average Bonchev–Trinajstić information content (AvgIpc) is 3.15. The summed E-state index contributed by atoms with van der Waals surface area (Å²) in [4.78, 5) is 8.03. The van der Waals surface area contributed by atoms with Crippen LogP contribution in [0.2, 0.25) is 0 Å². The quantitative estimate of drug-likeness (QED) is 0.838. The highest BCUT2D eigenvalue weighted by molar-refractivity contribution is 7.71. The maximum absolute atomic E-state index is 5.57. The first-order chi connectivity index (χ1) is 8.29. The Kier molecular flexibility index (Phi) is 3.01. The third-order valence-corrected chi connectivity index (χ3v) is 4.14. The summed E-state index contributed by atoms with van der Waals surface area (Å²) in [5.74, 6) is 1.58.